The Kier molecular flexibility index (Phi) is 6.03. The van der Waals surface area contributed by atoms with Gasteiger partial charge in [0, 0.05) is 17.0 Å². The minimum absolute atomic E-state index is 0.0352. The largest absolute Gasteiger partial charge is 0.456 e. The number of nitrogens with zero attached hydrogens (tertiary/aromatic N) is 2. The lowest BCUT2D eigenvalue weighted by molar-refractivity contribution is -0.145. The van der Waals surface area contributed by atoms with E-state index in [2.05, 4.69) is 10.2 Å². The number of Topliss-reactive ketones (excluding diaryl/α,β-unsaturated/α-hetero) is 1. The average Bonchev–Trinajstić information content (AvgIpc) is 3.27. The molecule has 2 aromatic heterocycles. The lowest BCUT2D eigenvalue weighted by Gasteiger charge is -2.01. The summed E-state index contributed by atoms with van der Waals surface area (Å²) in [6, 6.07) is 10.2. The summed E-state index contributed by atoms with van der Waals surface area (Å²) in [4.78, 5) is 24.2. The molecule has 0 spiro atoms. The lowest BCUT2D eigenvalue weighted by atomic mass is 10.2. The molecule has 0 unspecified atom stereocenters. The van der Waals surface area contributed by atoms with Crippen molar-refractivity contribution in [1.82, 2.24) is 10.2 Å². The van der Waals surface area contributed by atoms with Crippen LogP contribution >= 0.6 is 34.5 Å². The third kappa shape index (κ3) is 4.91. The zero-order chi connectivity index (χ0) is 18.5. The van der Waals surface area contributed by atoms with Crippen LogP contribution < -0.4 is 0 Å². The third-order valence-electron chi connectivity index (χ3n) is 3.32. The van der Waals surface area contributed by atoms with Crippen molar-refractivity contribution in [3.05, 3.63) is 56.5 Å². The second-order valence-corrected chi connectivity index (χ2v) is 7.35. The fraction of sp³-hybridized carbons (Fsp3) is 0.176. The SMILES string of the molecule is O=C(CCC(=O)c1ccc(Cl)s1)OCc1nnc(-c2ccc(Cl)cc2)o1. The van der Waals surface area contributed by atoms with E-state index in [0.29, 0.717) is 25.7 Å². The zero-order valence-electron chi connectivity index (χ0n) is 13.3. The van der Waals surface area contributed by atoms with Gasteiger partial charge in [-0.1, -0.05) is 23.2 Å². The van der Waals surface area contributed by atoms with Gasteiger partial charge >= 0.3 is 5.97 Å². The van der Waals surface area contributed by atoms with Gasteiger partial charge in [-0.25, -0.2) is 0 Å². The van der Waals surface area contributed by atoms with Crippen LogP contribution in [0.3, 0.4) is 0 Å². The van der Waals surface area contributed by atoms with Crippen molar-refractivity contribution >= 4 is 46.3 Å². The van der Waals surface area contributed by atoms with Crippen LogP contribution in [0.5, 0.6) is 0 Å². The van der Waals surface area contributed by atoms with Crippen LogP contribution in [-0.2, 0) is 16.1 Å². The molecule has 9 heteroatoms. The maximum atomic E-state index is 11.9. The van der Waals surface area contributed by atoms with Crippen LogP contribution in [0.2, 0.25) is 9.36 Å². The summed E-state index contributed by atoms with van der Waals surface area (Å²) in [7, 11) is 0. The van der Waals surface area contributed by atoms with Gasteiger partial charge in [0.1, 0.15) is 0 Å². The quantitative estimate of drug-likeness (QED) is 0.410. The molecule has 6 nitrogen and oxygen atoms in total. The molecule has 1 aromatic carbocycles. The van der Waals surface area contributed by atoms with Crippen LogP contribution in [0.25, 0.3) is 11.5 Å². The normalized spacial score (nSPS) is 10.7. The highest BCUT2D eigenvalue weighted by atomic mass is 35.5. The van der Waals surface area contributed by atoms with E-state index < -0.39 is 5.97 Å². The van der Waals surface area contributed by atoms with Gasteiger partial charge in [-0.15, -0.1) is 21.5 Å². The maximum Gasteiger partial charge on any atom is 0.306 e. The molecule has 0 aliphatic heterocycles. The van der Waals surface area contributed by atoms with Gasteiger partial charge in [0.25, 0.3) is 5.89 Å². The number of aromatic nitrogens is 2. The highest BCUT2D eigenvalue weighted by molar-refractivity contribution is 7.18. The van der Waals surface area contributed by atoms with Crippen LogP contribution in [0.1, 0.15) is 28.4 Å². The molecular weight excluding hydrogens is 399 g/mol. The Morgan fingerprint density at radius 1 is 1.04 bits per heavy atom. The molecule has 3 rings (SSSR count). The Bertz CT molecular complexity index is 921. The van der Waals surface area contributed by atoms with Crippen molar-refractivity contribution in [2.45, 2.75) is 19.4 Å². The van der Waals surface area contributed by atoms with E-state index in [1.165, 1.54) is 11.3 Å². The van der Waals surface area contributed by atoms with Crippen molar-refractivity contribution in [1.29, 1.82) is 0 Å². The highest BCUT2D eigenvalue weighted by Crippen LogP contribution is 2.23. The second kappa shape index (κ2) is 8.44. The predicted octanol–water partition coefficient (Wildman–Crippen LogP) is 4.81. The van der Waals surface area contributed by atoms with E-state index in [-0.39, 0.29) is 31.1 Å². The van der Waals surface area contributed by atoms with Crippen molar-refractivity contribution in [3.63, 3.8) is 0 Å². The summed E-state index contributed by atoms with van der Waals surface area (Å²) >= 11 is 12.8. The number of ether oxygens (including phenoxy) is 1. The van der Waals surface area contributed by atoms with Crippen LogP contribution in [0.15, 0.2) is 40.8 Å². The minimum atomic E-state index is -0.521. The van der Waals surface area contributed by atoms with E-state index in [0.717, 1.165) is 0 Å². The van der Waals surface area contributed by atoms with E-state index in [1.807, 2.05) is 0 Å². The molecule has 0 aliphatic rings. The Hall–Kier alpha value is -2.22. The number of rotatable bonds is 7. The summed E-state index contributed by atoms with van der Waals surface area (Å²) in [6.45, 7) is -0.154. The summed E-state index contributed by atoms with van der Waals surface area (Å²) in [5, 5.41) is 8.32. The zero-order valence-corrected chi connectivity index (χ0v) is 15.6. The summed E-state index contributed by atoms with van der Waals surface area (Å²) in [6.07, 6.45) is 0.0159. The molecule has 26 heavy (non-hydrogen) atoms. The summed E-state index contributed by atoms with van der Waals surface area (Å²) in [5.74, 6) is -0.203. The number of esters is 1. The van der Waals surface area contributed by atoms with Gasteiger partial charge < -0.3 is 9.15 Å². The lowest BCUT2D eigenvalue weighted by Crippen LogP contribution is -2.07. The van der Waals surface area contributed by atoms with Crippen LogP contribution in [-0.4, -0.2) is 21.9 Å². The first-order chi connectivity index (χ1) is 12.5. The number of hydrogen-bond acceptors (Lipinski definition) is 7. The summed E-state index contributed by atoms with van der Waals surface area (Å²) in [5.41, 5.74) is 0.708. The number of ketones is 1. The maximum absolute atomic E-state index is 11.9. The molecular formula is C17H12Cl2N2O4S. The van der Waals surface area contributed by atoms with Crippen molar-refractivity contribution in [3.8, 4) is 11.5 Å². The highest BCUT2D eigenvalue weighted by Gasteiger charge is 2.14. The Balaban J connectivity index is 1.47. The van der Waals surface area contributed by atoms with Crippen molar-refractivity contribution in [2.24, 2.45) is 0 Å². The van der Waals surface area contributed by atoms with Gasteiger partial charge in [0.2, 0.25) is 5.89 Å². The predicted molar refractivity (Wildman–Crippen MR) is 97.4 cm³/mol. The van der Waals surface area contributed by atoms with Crippen molar-refractivity contribution in [2.75, 3.05) is 0 Å². The smallest absolute Gasteiger partial charge is 0.306 e. The van der Waals surface area contributed by atoms with E-state index >= 15 is 0 Å². The van der Waals surface area contributed by atoms with Crippen LogP contribution in [0.4, 0.5) is 0 Å². The molecule has 0 radical (unpaired) electrons. The van der Waals surface area contributed by atoms with Gasteiger partial charge in [-0.2, -0.15) is 0 Å². The number of halogens is 2. The monoisotopic (exact) mass is 410 g/mol. The number of thiophene rings is 1. The molecule has 0 saturated carbocycles. The Morgan fingerprint density at radius 2 is 1.81 bits per heavy atom. The Labute approximate surface area is 162 Å². The number of carbonyl (C=O) groups excluding carboxylic acids is 2. The van der Waals surface area contributed by atoms with E-state index in [1.54, 1.807) is 36.4 Å². The van der Waals surface area contributed by atoms with Gasteiger partial charge in [-0.3, -0.25) is 9.59 Å². The first kappa shape index (κ1) is 18.6. The van der Waals surface area contributed by atoms with Gasteiger partial charge in [0.05, 0.1) is 15.6 Å². The number of hydrogen-bond donors (Lipinski definition) is 0. The van der Waals surface area contributed by atoms with Crippen molar-refractivity contribution < 1.29 is 18.7 Å². The second-order valence-electron chi connectivity index (χ2n) is 5.20. The molecule has 134 valence electrons. The topological polar surface area (TPSA) is 82.3 Å². The number of carbonyl (C=O) groups is 2. The van der Waals surface area contributed by atoms with Gasteiger partial charge in [-0.05, 0) is 36.4 Å². The fourth-order valence-electron chi connectivity index (χ4n) is 2.04. The first-order valence-corrected chi connectivity index (χ1v) is 9.11. The molecule has 0 amide bonds. The molecule has 0 atom stereocenters. The molecule has 2 heterocycles. The fourth-order valence-corrected chi connectivity index (χ4v) is 3.17. The standard InChI is InChI=1S/C17H12Cl2N2O4S/c18-11-3-1-10(2-4-11)17-21-20-15(25-17)9-24-16(23)8-5-12(22)13-6-7-14(19)26-13/h1-4,6-7H,5,8-9H2. The molecule has 0 aliphatic carbocycles. The molecule has 0 N–H and O–H groups in total. The first-order valence-electron chi connectivity index (χ1n) is 7.54. The molecule has 0 saturated heterocycles. The Morgan fingerprint density at radius 3 is 2.50 bits per heavy atom. The van der Waals surface area contributed by atoms with Crippen LogP contribution in [0, 0.1) is 0 Å². The molecule has 0 fully saturated rings. The average molecular weight is 411 g/mol. The number of benzene rings is 1. The summed E-state index contributed by atoms with van der Waals surface area (Å²) < 4.78 is 11.0. The van der Waals surface area contributed by atoms with E-state index in [4.69, 9.17) is 32.4 Å². The molecule has 0 bridgehead atoms. The molecule has 3 aromatic rings. The minimum Gasteiger partial charge on any atom is -0.456 e. The van der Waals surface area contributed by atoms with E-state index in [9.17, 15) is 9.59 Å². The third-order valence-corrected chi connectivity index (χ3v) is 4.84. The van der Waals surface area contributed by atoms with Gasteiger partial charge in [0.15, 0.2) is 12.4 Å².